The molecule has 0 fully saturated rings. The number of phenols is 1. The molecule has 0 spiro atoms. The second-order valence-electron chi connectivity index (χ2n) is 5.97. The van der Waals surface area contributed by atoms with Crippen molar-refractivity contribution in [2.24, 2.45) is 0 Å². The fraction of sp³-hybridized carbons (Fsp3) is 0.211. The third-order valence-corrected chi connectivity index (χ3v) is 4.37. The number of rotatable bonds is 3. The summed E-state index contributed by atoms with van der Waals surface area (Å²) in [4.78, 5) is 6.84. The number of hydrogen-bond donors (Lipinski definition) is 1. The average molecular weight is 305 g/mol. The molecule has 0 saturated carbocycles. The first kappa shape index (κ1) is 13.9. The topological polar surface area (TPSA) is 41.3 Å². The Morgan fingerprint density at radius 2 is 1.91 bits per heavy atom. The van der Waals surface area contributed by atoms with Gasteiger partial charge in [0.25, 0.3) is 0 Å². The largest absolute Gasteiger partial charge is 0.508 e. The summed E-state index contributed by atoms with van der Waals surface area (Å²) in [6, 6.07) is 16.1. The molecule has 0 radical (unpaired) electrons. The van der Waals surface area contributed by atoms with Crippen molar-refractivity contribution in [2.45, 2.75) is 19.5 Å². The predicted octanol–water partition coefficient (Wildman–Crippen LogP) is 3.20. The van der Waals surface area contributed by atoms with Crippen molar-refractivity contribution >= 4 is 5.95 Å². The number of aromatic hydroxyl groups is 1. The van der Waals surface area contributed by atoms with E-state index in [0.717, 1.165) is 32.0 Å². The Morgan fingerprint density at radius 1 is 1.04 bits per heavy atom. The number of benzene rings is 2. The van der Waals surface area contributed by atoms with Gasteiger partial charge >= 0.3 is 0 Å². The smallest absolute Gasteiger partial charge is 0.206 e. The fourth-order valence-electron chi connectivity index (χ4n) is 3.20. The Morgan fingerprint density at radius 3 is 2.78 bits per heavy atom. The van der Waals surface area contributed by atoms with Gasteiger partial charge in [0.2, 0.25) is 5.95 Å². The van der Waals surface area contributed by atoms with Gasteiger partial charge in [0.15, 0.2) is 0 Å². The molecule has 4 heteroatoms. The molecule has 4 nitrogen and oxygen atoms in total. The first-order chi connectivity index (χ1) is 11.3. The molecule has 4 rings (SSSR count). The molecule has 116 valence electrons. The van der Waals surface area contributed by atoms with Crippen molar-refractivity contribution in [3.8, 4) is 5.75 Å². The average Bonchev–Trinajstić information content (AvgIpc) is 3.03. The Labute approximate surface area is 135 Å². The van der Waals surface area contributed by atoms with E-state index >= 15 is 0 Å². The molecule has 0 amide bonds. The predicted molar refractivity (Wildman–Crippen MR) is 90.6 cm³/mol. The van der Waals surface area contributed by atoms with Crippen LogP contribution in [0.15, 0.2) is 60.9 Å². The number of aromatic nitrogens is 2. The maximum atomic E-state index is 9.72. The lowest BCUT2D eigenvalue weighted by Crippen LogP contribution is -2.32. The molecule has 3 aromatic rings. The van der Waals surface area contributed by atoms with E-state index in [1.165, 1.54) is 16.7 Å². The lowest BCUT2D eigenvalue weighted by Gasteiger charge is -2.30. The van der Waals surface area contributed by atoms with Crippen LogP contribution in [0.25, 0.3) is 0 Å². The maximum Gasteiger partial charge on any atom is 0.206 e. The van der Waals surface area contributed by atoms with Gasteiger partial charge in [-0.05, 0) is 35.2 Å². The first-order valence-corrected chi connectivity index (χ1v) is 7.90. The van der Waals surface area contributed by atoms with E-state index in [4.69, 9.17) is 0 Å². The fourth-order valence-corrected chi connectivity index (χ4v) is 3.20. The van der Waals surface area contributed by atoms with Crippen LogP contribution >= 0.6 is 0 Å². The van der Waals surface area contributed by atoms with Crippen molar-refractivity contribution < 1.29 is 5.11 Å². The number of phenolic OH excluding ortho intramolecular Hbond substituents is 1. The van der Waals surface area contributed by atoms with Gasteiger partial charge in [-0.15, -0.1) is 0 Å². The summed E-state index contributed by atoms with van der Waals surface area (Å²) in [6.07, 6.45) is 4.87. The van der Waals surface area contributed by atoms with Crippen LogP contribution in [0.4, 0.5) is 5.95 Å². The molecular weight excluding hydrogens is 286 g/mol. The molecule has 1 aromatic heterocycles. The molecule has 2 aromatic carbocycles. The van der Waals surface area contributed by atoms with Crippen LogP contribution in [-0.2, 0) is 19.5 Å². The standard InChI is InChI=1S/C19H19N3O/c23-18-7-6-16-8-10-21(14-17(16)12-18)19-20-9-11-22(19)13-15-4-2-1-3-5-15/h1-7,9,11-12,23H,8,10,13-14H2. The third kappa shape index (κ3) is 2.80. The van der Waals surface area contributed by atoms with Gasteiger partial charge in [-0.25, -0.2) is 4.98 Å². The number of imidazole rings is 1. The maximum absolute atomic E-state index is 9.72. The highest BCUT2D eigenvalue weighted by molar-refractivity contribution is 5.43. The van der Waals surface area contributed by atoms with E-state index in [9.17, 15) is 5.11 Å². The first-order valence-electron chi connectivity index (χ1n) is 7.90. The van der Waals surface area contributed by atoms with Crippen LogP contribution in [0, 0.1) is 0 Å². The summed E-state index contributed by atoms with van der Waals surface area (Å²) in [7, 11) is 0. The number of hydrogen-bond acceptors (Lipinski definition) is 3. The molecular formula is C19H19N3O. The molecule has 2 heterocycles. The second-order valence-corrected chi connectivity index (χ2v) is 5.97. The van der Waals surface area contributed by atoms with Gasteiger partial charge in [-0.2, -0.15) is 0 Å². The molecule has 0 aliphatic carbocycles. The van der Waals surface area contributed by atoms with Gasteiger partial charge in [-0.1, -0.05) is 36.4 Å². The minimum absolute atomic E-state index is 0.332. The summed E-state index contributed by atoms with van der Waals surface area (Å²) in [5.41, 5.74) is 3.77. The third-order valence-electron chi connectivity index (χ3n) is 4.37. The molecule has 1 N–H and O–H groups in total. The summed E-state index contributed by atoms with van der Waals surface area (Å²) >= 11 is 0. The van der Waals surface area contributed by atoms with Crippen LogP contribution in [0.1, 0.15) is 16.7 Å². The zero-order chi connectivity index (χ0) is 15.6. The zero-order valence-corrected chi connectivity index (χ0v) is 12.9. The normalized spacial score (nSPS) is 13.8. The van der Waals surface area contributed by atoms with Gasteiger partial charge in [-0.3, -0.25) is 0 Å². The molecule has 1 aliphatic heterocycles. The van der Waals surface area contributed by atoms with Gasteiger partial charge in [0.1, 0.15) is 5.75 Å². The highest BCUT2D eigenvalue weighted by Gasteiger charge is 2.20. The van der Waals surface area contributed by atoms with Crippen molar-refractivity contribution in [1.29, 1.82) is 0 Å². The number of nitrogens with zero attached hydrogens (tertiary/aromatic N) is 3. The lowest BCUT2D eigenvalue weighted by molar-refractivity contribution is 0.473. The summed E-state index contributed by atoms with van der Waals surface area (Å²) in [6.45, 7) is 2.55. The van der Waals surface area contributed by atoms with Crippen molar-refractivity contribution in [3.05, 3.63) is 77.6 Å². The Bertz CT molecular complexity index is 810. The molecule has 0 bridgehead atoms. The van der Waals surface area contributed by atoms with E-state index in [0.29, 0.717) is 5.75 Å². The van der Waals surface area contributed by atoms with E-state index < -0.39 is 0 Å². The van der Waals surface area contributed by atoms with Crippen molar-refractivity contribution in [3.63, 3.8) is 0 Å². The van der Waals surface area contributed by atoms with Crippen molar-refractivity contribution in [2.75, 3.05) is 11.4 Å². The molecule has 0 unspecified atom stereocenters. The summed E-state index contributed by atoms with van der Waals surface area (Å²) in [5.74, 6) is 1.32. The monoisotopic (exact) mass is 305 g/mol. The highest BCUT2D eigenvalue weighted by Crippen LogP contribution is 2.26. The highest BCUT2D eigenvalue weighted by atomic mass is 16.3. The Kier molecular flexibility index (Phi) is 3.50. The van der Waals surface area contributed by atoms with E-state index in [-0.39, 0.29) is 0 Å². The van der Waals surface area contributed by atoms with Gasteiger partial charge in [0, 0.05) is 25.5 Å². The Hall–Kier alpha value is -2.75. The number of fused-ring (bicyclic) bond motifs is 1. The minimum atomic E-state index is 0.332. The van der Waals surface area contributed by atoms with E-state index in [1.807, 2.05) is 30.6 Å². The summed E-state index contributed by atoms with van der Waals surface area (Å²) < 4.78 is 2.18. The van der Waals surface area contributed by atoms with Gasteiger partial charge in [0.05, 0.1) is 6.54 Å². The van der Waals surface area contributed by atoms with Crippen LogP contribution < -0.4 is 4.90 Å². The molecule has 1 aliphatic rings. The minimum Gasteiger partial charge on any atom is -0.508 e. The van der Waals surface area contributed by atoms with E-state index in [1.54, 1.807) is 6.07 Å². The number of anilines is 1. The molecule has 0 atom stereocenters. The second kappa shape index (κ2) is 5.80. The van der Waals surface area contributed by atoms with Crippen LogP contribution in [0.5, 0.6) is 5.75 Å². The summed E-state index contributed by atoms with van der Waals surface area (Å²) in [5, 5.41) is 9.72. The Balaban J connectivity index is 1.59. The zero-order valence-electron chi connectivity index (χ0n) is 12.9. The molecule has 23 heavy (non-hydrogen) atoms. The SMILES string of the molecule is Oc1ccc2c(c1)CN(c1nccn1Cc1ccccc1)CC2. The molecule has 0 saturated heterocycles. The van der Waals surface area contributed by atoms with Gasteiger partial charge < -0.3 is 14.6 Å². The quantitative estimate of drug-likeness (QED) is 0.808. The van der Waals surface area contributed by atoms with E-state index in [2.05, 4.69) is 38.7 Å². The van der Waals surface area contributed by atoms with Crippen LogP contribution in [0.3, 0.4) is 0 Å². The van der Waals surface area contributed by atoms with Crippen LogP contribution in [-0.4, -0.2) is 21.2 Å². The van der Waals surface area contributed by atoms with Crippen molar-refractivity contribution in [1.82, 2.24) is 9.55 Å². The lowest BCUT2D eigenvalue weighted by atomic mass is 10.00. The van der Waals surface area contributed by atoms with Crippen LogP contribution in [0.2, 0.25) is 0 Å².